The highest BCUT2D eigenvalue weighted by atomic mass is 32.2. The second-order valence-electron chi connectivity index (χ2n) is 7.58. The number of rotatable bonds is 9. The minimum absolute atomic E-state index is 0.0850. The highest BCUT2D eigenvalue weighted by molar-refractivity contribution is 7.90. The number of benzene rings is 3. The molecule has 0 aliphatic rings. The Hall–Kier alpha value is -2.70. The third-order valence-corrected chi connectivity index (χ3v) is 6.62. The van der Waals surface area contributed by atoms with Crippen LogP contribution in [-0.2, 0) is 14.8 Å². The number of nitrogens with one attached hydrogen (secondary N) is 1. The lowest BCUT2D eigenvalue weighted by atomic mass is 9.91. The predicted octanol–water partition coefficient (Wildman–Crippen LogP) is 4.26. The van der Waals surface area contributed by atoms with Crippen LogP contribution >= 0.6 is 0 Å². The molecule has 1 amide bonds. The van der Waals surface area contributed by atoms with Gasteiger partial charge in [-0.15, -0.1) is 0 Å². The van der Waals surface area contributed by atoms with Gasteiger partial charge in [-0.25, -0.2) is 13.1 Å². The summed E-state index contributed by atoms with van der Waals surface area (Å²) in [6.07, 6.45) is 3.15. The van der Waals surface area contributed by atoms with Crippen molar-refractivity contribution in [3.05, 3.63) is 77.9 Å². The van der Waals surface area contributed by atoms with E-state index in [9.17, 15) is 13.2 Å². The van der Waals surface area contributed by atoms with Gasteiger partial charge in [-0.3, -0.25) is 4.79 Å². The van der Waals surface area contributed by atoms with Crippen molar-refractivity contribution in [1.29, 1.82) is 0 Å². The number of carbonyl (C=O) groups is 1. The maximum atomic E-state index is 13.1. The first kappa shape index (κ1) is 22.0. The van der Waals surface area contributed by atoms with Crippen LogP contribution in [0.15, 0.2) is 71.6 Å². The molecule has 0 heterocycles. The minimum atomic E-state index is -3.93. The normalized spacial score (nSPS) is 12.6. The molecule has 0 fully saturated rings. The number of fused-ring (bicyclic) bond motifs is 1. The van der Waals surface area contributed by atoms with Gasteiger partial charge in [-0.2, -0.15) is 0 Å². The van der Waals surface area contributed by atoms with Crippen LogP contribution in [0, 0.1) is 6.92 Å². The van der Waals surface area contributed by atoms with Crippen LogP contribution in [-0.4, -0.2) is 20.9 Å². The number of unbranched alkanes of at least 4 members (excludes halogenated alkanes) is 2. The molecule has 1 atom stereocenters. The van der Waals surface area contributed by atoms with E-state index < -0.39 is 21.8 Å². The summed E-state index contributed by atoms with van der Waals surface area (Å²) in [5.41, 5.74) is 7.35. The molecular weight excluding hydrogens is 396 g/mol. The molecular formula is C24H28N2O3S. The highest BCUT2D eigenvalue weighted by Crippen LogP contribution is 2.27. The summed E-state index contributed by atoms with van der Waals surface area (Å²) in [4.78, 5) is 13.2. The molecule has 3 N–H and O–H groups in total. The predicted molar refractivity (Wildman–Crippen MR) is 121 cm³/mol. The van der Waals surface area contributed by atoms with Crippen molar-refractivity contribution in [1.82, 2.24) is 4.72 Å². The lowest BCUT2D eigenvalue weighted by molar-refractivity contribution is -0.121. The fraction of sp³-hybridized carbons (Fsp3) is 0.292. The molecule has 0 spiro atoms. The van der Waals surface area contributed by atoms with Gasteiger partial charge < -0.3 is 5.73 Å². The Labute approximate surface area is 178 Å². The maximum absolute atomic E-state index is 13.1. The smallest absolute Gasteiger partial charge is 0.264 e. The van der Waals surface area contributed by atoms with Gasteiger partial charge in [-0.05, 0) is 54.8 Å². The zero-order valence-corrected chi connectivity index (χ0v) is 18.0. The van der Waals surface area contributed by atoms with E-state index >= 15 is 0 Å². The number of carbonyl (C=O) groups excluding carboxylic acids is 1. The molecule has 3 aromatic rings. The lowest BCUT2D eigenvalue weighted by Crippen LogP contribution is -2.34. The molecule has 6 heteroatoms. The van der Waals surface area contributed by atoms with E-state index in [4.69, 9.17) is 5.73 Å². The molecule has 0 radical (unpaired) electrons. The van der Waals surface area contributed by atoms with Gasteiger partial charge in [0, 0.05) is 0 Å². The topological polar surface area (TPSA) is 89.3 Å². The fourth-order valence-electron chi connectivity index (χ4n) is 3.52. The molecule has 1 unspecified atom stereocenters. The quantitative estimate of drug-likeness (QED) is 0.502. The molecule has 0 bridgehead atoms. The summed E-state index contributed by atoms with van der Waals surface area (Å²) in [7, 11) is -3.93. The number of aryl methyl sites for hydroxylation is 1. The van der Waals surface area contributed by atoms with Gasteiger partial charge in [0.05, 0.1) is 10.8 Å². The van der Waals surface area contributed by atoms with Crippen LogP contribution in [0.3, 0.4) is 0 Å². The van der Waals surface area contributed by atoms with E-state index in [1.807, 2.05) is 49.4 Å². The molecule has 0 saturated carbocycles. The van der Waals surface area contributed by atoms with Gasteiger partial charge in [0.1, 0.15) is 0 Å². The number of amides is 1. The van der Waals surface area contributed by atoms with E-state index in [0.29, 0.717) is 13.0 Å². The Morgan fingerprint density at radius 1 is 0.933 bits per heavy atom. The summed E-state index contributed by atoms with van der Waals surface area (Å²) in [5, 5.41) is 2.10. The average Bonchev–Trinajstić information content (AvgIpc) is 2.73. The molecule has 5 nitrogen and oxygen atoms in total. The molecule has 30 heavy (non-hydrogen) atoms. The Morgan fingerprint density at radius 3 is 2.33 bits per heavy atom. The van der Waals surface area contributed by atoms with Gasteiger partial charge in [0.2, 0.25) is 5.91 Å². The van der Waals surface area contributed by atoms with Crippen molar-refractivity contribution < 1.29 is 13.2 Å². The first-order chi connectivity index (χ1) is 14.4. The second-order valence-corrected chi connectivity index (χ2v) is 9.26. The summed E-state index contributed by atoms with van der Waals surface area (Å²) < 4.78 is 27.7. The van der Waals surface area contributed by atoms with Crippen LogP contribution in [0.4, 0.5) is 0 Å². The van der Waals surface area contributed by atoms with Crippen LogP contribution in [0.5, 0.6) is 0 Å². The lowest BCUT2D eigenvalue weighted by Gasteiger charge is -2.18. The van der Waals surface area contributed by atoms with E-state index in [1.54, 1.807) is 12.1 Å². The molecule has 0 aliphatic heterocycles. The zero-order chi connectivity index (χ0) is 21.6. The Kier molecular flexibility index (Phi) is 7.24. The fourth-order valence-corrected chi connectivity index (χ4v) is 4.54. The first-order valence-electron chi connectivity index (χ1n) is 10.2. The molecule has 3 aromatic carbocycles. The van der Waals surface area contributed by atoms with Crippen molar-refractivity contribution in [2.75, 3.05) is 6.54 Å². The van der Waals surface area contributed by atoms with Gasteiger partial charge in [-0.1, -0.05) is 73.0 Å². The highest BCUT2D eigenvalue weighted by Gasteiger charge is 2.26. The zero-order valence-electron chi connectivity index (χ0n) is 17.2. The van der Waals surface area contributed by atoms with Crippen molar-refractivity contribution in [3.63, 3.8) is 0 Å². The molecule has 3 rings (SSSR count). The van der Waals surface area contributed by atoms with Crippen LogP contribution in [0.25, 0.3) is 10.8 Å². The van der Waals surface area contributed by atoms with Gasteiger partial charge in [0.25, 0.3) is 10.0 Å². The van der Waals surface area contributed by atoms with E-state index in [0.717, 1.165) is 41.2 Å². The largest absolute Gasteiger partial charge is 0.330 e. The standard InChI is InChI=1S/C24H28N2O3S/c1-18-10-14-22(15-11-18)30(28,29)26-24(27)23(9-3-2-6-16-25)21-13-12-19-7-4-5-8-20(19)17-21/h4-5,7-8,10-15,17,23H,2-3,6,9,16,25H2,1H3,(H,26,27). The SMILES string of the molecule is Cc1ccc(S(=O)(=O)NC(=O)C(CCCCCN)c2ccc3ccccc3c2)cc1. The third kappa shape index (κ3) is 5.46. The summed E-state index contributed by atoms with van der Waals surface area (Å²) in [5.74, 6) is -1.05. The molecule has 158 valence electrons. The van der Waals surface area contributed by atoms with Crippen LogP contribution in [0.1, 0.15) is 42.7 Å². The Balaban J connectivity index is 1.86. The maximum Gasteiger partial charge on any atom is 0.264 e. The van der Waals surface area contributed by atoms with Crippen LogP contribution < -0.4 is 10.5 Å². The van der Waals surface area contributed by atoms with Crippen molar-refractivity contribution >= 4 is 26.7 Å². The molecule has 0 saturated heterocycles. The second kappa shape index (κ2) is 9.87. The summed E-state index contributed by atoms with van der Waals surface area (Å²) in [6, 6.07) is 20.2. The average molecular weight is 425 g/mol. The minimum Gasteiger partial charge on any atom is -0.330 e. The van der Waals surface area contributed by atoms with E-state index in [-0.39, 0.29) is 4.90 Å². The number of sulfonamides is 1. The summed E-state index contributed by atoms with van der Waals surface area (Å²) in [6.45, 7) is 2.49. The third-order valence-electron chi connectivity index (χ3n) is 5.26. The van der Waals surface area contributed by atoms with Crippen LogP contribution in [0.2, 0.25) is 0 Å². The van der Waals surface area contributed by atoms with Crippen molar-refractivity contribution in [2.45, 2.75) is 43.4 Å². The number of nitrogens with two attached hydrogens (primary N) is 1. The van der Waals surface area contributed by atoms with Crippen molar-refractivity contribution in [3.8, 4) is 0 Å². The molecule has 0 aliphatic carbocycles. The first-order valence-corrected chi connectivity index (χ1v) is 11.7. The monoisotopic (exact) mass is 424 g/mol. The Morgan fingerprint density at radius 2 is 1.63 bits per heavy atom. The molecule has 0 aromatic heterocycles. The van der Waals surface area contributed by atoms with Gasteiger partial charge >= 0.3 is 0 Å². The Bertz CT molecular complexity index is 1110. The van der Waals surface area contributed by atoms with E-state index in [1.165, 1.54) is 12.1 Å². The summed E-state index contributed by atoms with van der Waals surface area (Å²) >= 11 is 0. The number of hydrogen-bond donors (Lipinski definition) is 2. The number of hydrogen-bond acceptors (Lipinski definition) is 4. The van der Waals surface area contributed by atoms with Crippen molar-refractivity contribution in [2.24, 2.45) is 5.73 Å². The van der Waals surface area contributed by atoms with Gasteiger partial charge in [0.15, 0.2) is 0 Å². The van der Waals surface area contributed by atoms with E-state index in [2.05, 4.69) is 4.72 Å².